The van der Waals surface area contributed by atoms with Crippen molar-refractivity contribution in [2.75, 3.05) is 39.8 Å². The Balaban J connectivity index is 1.52. The van der Waals surface area contributed by atoms with Crippen molar-refractivity contribution in [3.05, 3.63) is 63.6 Å². The molecular formula is C33H44Cl2N4O2. The van der Waals surface area contributed by atoms with Crippen LogP contribution in [-0.2, 0) is 16.6 Å². The third-order valence-electron chi connectivity index (χ3n) is 9.07. The molecule has 41 heavy (non-hydrogen) atoms. The minimum atomic E-state index is -0.511. The van der Waals surface area contributed by atoms with Gasteiger partial charge >= 0.3 is 0 Å². The molecule has 2 heterocycles. The molecule has 0 amide bonds. The summed E-state index contributed by atoms with van der Waals surface area (Å²) in [7, 11) is 1.59. The fraction of sp³-hybridized carbons (Fsp3) is 0.545. The molecule has 2 aliphatic rings. The number of rotatable bonds is 14. The highest BCUT2D eigenvalue weighted by Crippen LogP contribution is 2.40. The van der Waals surface area contributed by atoms with Crippen molar-refractivity contribution in [1.29, 1.82) is 10.8 Å². The van der Waals surface area contributed by atoms with Crippen molar-refractivity contribution in [2.24, 2.45) is 0 Å². The van der Waals surface area contributed by atoms with Gasteiger partial charge in [0.05, 0.1) is 22.9 Å². The minimum Gasteiger partial charge on any atom is -0.496 e. The zero-order valence-electron chi connectivity index (χ0n) is 24.3. The predicted molar refractivity (Wildman–Crippen MR) is 170 cm³/mol. The number of hydrogen-bond acceptors (Lipinski definition) is 6. The third-order valence-corrected chi connectivity index (χ3v) is 9.80. The molecule has 222 valence electrons. The number of nitrogens with one attached hydrogen (secondary N) is 2. The zero-order chi connectivity index (χ0) is 29.2. The molecule has 2 saturated heterocycles. The Morgan fingerprint density at radius 2 is 1.76 bits per heavy atom. The first-order valence-electron chi connectivity index (χ1n) is 15.0. The van der Waals surface area contributed by atoms with Gasteiger partial charge in [0, 0.05) is 29.9 Å². The lowest BCUT2D eigenvalue weighted by molar-refractivity contribution is -0.112. The Labute approximate surface area is 255 Å². The number of carbonyl (C=O) groups is 1. The van der Waals surface area contributed by atoms with Crippen LogP contribution in [0.4, 0.5) is 0 Å². The van der Waals surface area contributed by atoms with Gasteiger partial charge in [-0.05, 0) is 108 Å². The van der Waals surface area contributed by atoms with E-state index in [1.54, 1.807) is 7.11 Å². The number of nitrogens with zero attached hydrogens (tertiary/aromatic N) is 2. The van der Waals surface area contributed by atoms with Crippen LogP contribution in [0.1, 0.15) is 68.9 Å². The SMILES string of the molecule is COc1ccccc1CC(=O)C(=N)C[C@](CCC=N)(CCN1CCC(N2CCCCC2)CC1)c1ccc(Cl)c(Cl)c1. The molecule has 0 aliphatic carbocycles. The monoisotopic (exact) mass is 598 g/mol. The number of methoxy groups -OCH3 is 1. The highest BCUT2D eigenvalue weighted by molar-refractivity contribution is 6.42. The summed E-state index contributed by atoms with van der Waals surface area (Å²) in [6.07, 6.45) is 10.2. The van der Waals surface area contributed by atoms with Gasteiger partial charge in [0.15, 0.2) is 5.78 Å². The normalized spacial score (nSPS) is 18.5. The number of piperidine rings is 2. The van der Waals surface area contributed by atoms with Crippen LogP contribution in [0.5, 0.6) is 5.75 Å². The lowest BCUT2D eigenvalue weighted by Gasteiger charge is -2.42. The zero-order valence-corrected chi connectivity index (χ0v) is 25.8. The average molecular weight is 600 g/mol. The summed E-state index contributed by atoms with van der Waals surface area (Å²) < 4.78 is 5.44. The maximum absolute atomic E-state index is 13.4. The highest BCUT2D eigenvalue weighted by Gasteiger charge is 2.36. The number of hydrogen-bond donors (Lipinski definition) is 2. The number of para-hydroxylation sites is 1. The van der Waals surface area contributed by atoms with E-state index in [9.17, 15) is 4.79 Å². The fourth-order valence-corrected chi connectivity index (χ4v) is 6.89. The average Bonchev–Trinajstić information content (AvgIpc) is 3.00. The molecule has 8 heteroatoms. The number of likely N-dealkylation sites (tertiary alicyclic amines) is 2. The fourth-order valence-electron chi connectivity index (χ4n) is 6.60. The second-order valence-electron chi connectivity index (χ2n) is 11.6. The maximum Gasteiger partial charge on any atom is 0.180 e. The second-order valence-corrected chi connectivity index (χ2v) is 12.5. The van der Waals surface area contributed by atoms with Crippen LogP contribution in [0, 0.1) is 10.8 Å². The minimum absolute atomic E-state index is 0.0933. The molecule has 0 aromatic heterocycles. The molecule has 0 spiro atoms. The molecule has 0 radical (unpaired) electrons. The van der Waals surface area contributed by atoms with E-state index >= 15 is 0 Å². The molecule has 6 nitrogen and oxygen atoms in total. The van der Waals surface area contributed by atoms with E-state index in [2.05, 4.69) is 9.80 Å². The molecule has 2 aromatic carbocycles. The summed E-state index contributed by atoms with van der Waals surface area (Å²) in [5.74, 6) is 0.442. The Bertz CT molecular complexity index is 1190. The Hall–Kier alpha value is -2.25. The van der Waals surface area contributed by atoms with Crippen LogP contribution in [0.2, 0.25) is 10.0 Å². The van der Waals surface area contributed by atoms with E-state index in [1.165, 1.54) is 51.4 Å². The number of Topliss-reactive ketones (excluding diaryl/α,β-unsaturated/α-hetero) is 1. The molecule has 2 aliphatic heterocycles. The largest absolute Gasteiger partial charge is 0.496 e. The molecular weight excluding hydrogens is 555 g/mol. The molecule has 2 N–H and O–H groups in total. The third kappa shape index (κ3) is 8.41. The summed E-state index contributed by atoms with van der Waals surface area (Å²) in [6, 6.07) is 13.8. The standard InChI is InChI=1S/C33H44Cl2N4O2/c1-41-32-9-4-3-8-25(32)22-31(40)30(37)24-33(14-7-16-36,26-10-11-28(34)29(35)23-26)15-21-38-19-12-27(13-20-38)39-17-5-2-6-18-39/h3-4,8-11,16,23,27,36-37H,2,5-7,12-15,17-22,24H2,1H3/t33-/m0/s1. The summed E-state index contributed by atoms with van der Waals surface area (Å²) in [6.45, 7) is 5.47. The summed E-state index contributed by atoms with van der Waals surface area (Å²) in [5.41, 5.74) is 1.34. The van der Waals surface area contributed by atoms with Crippen LogP contribution in [0.15, 0.2) is 42.5 Å². The molecule has 2 fully saturated rings. The number of ketones is 1. The smallest absolute Gasteiger partial charge is 0.180 e. The number of halogens is 2. The van der Waals surface area contributed by atoms with E-state index in [1.807, 2.05) is 42.5 Å². The van der Waals surface area contributed by atoms with E-state index in [-0.39, 0.29) is 24.3 Å². The summed E-state index contributed by atoms with van der Waals surface area (Å²) in [4.78, 5) is 18.6. The van der Waals surface area contributed by atoms with Gasteiger partial charge < -0.3 is 25.4 Å². The first-order chi connectivity index (χ1) is 19.8. The van der Waals surface area contributed by atoms with Crippen LogP contribution in [-0.4, -0.2) is 73.4 Å². The van der Waals surface area contributed by atoms with Crippen molar-refractivity contribution < 1.29 is 9.53 Å². The number of carbonyl (C=O) groups excluding carboxylic acids is 1. The van der Waals surface area contributed by atoms with E-state index in [0.717, 1.165) is 37.2 Å². The summed E-state index contributed by atoms with van der Waals surface area (Å²) in [5, 5.41) is 17.7. The lowest BCUT2D eigenvalue weighted by atomic mass is 9.69. The van der Waals surface area contributed by atoms with E-state index < -0.39 is 5.41 Å². The van der Waals surface area contributed by atoms with Crippen LogP contribution in [0.25, 0.3) is 0 Å². The van der Waals surface area contributed by atoms with Crippen molar-refractivity contribution in [2.45, 2.75) is 75.7 Å². The van der Waals surface area contributed by atoms with Crippen molar-refractivity contribution in [1.82, 2.24) is 9.80 Å². The van der Waals surface area contributed by atoms with Gasteiger partial charge in [-0.25, -0.2) is 0 Å². The van der Waals surface area contributed by atoms with Gasteiger partial charge in [-0.2, -0.15) is 0 Å². The molecule has 2 aromatic rings. The second kappa shape index (κ2) is 15.3. The van der Waals surface area contributed by atoms with Gasteiger partial charge in [0.2, 0.25) is 0 Å². The topological polar surface area (TPSA) is 80.5 Å². The van der Waals surface area contributed by atoms with Gasteiger partial charge in [-0.3, -0.25) is 4.79 Å². The molecule has 0 saturated carbocycles. The van der Waals surface area contributed by atoms with Gasteiger partial charge in [-0.1, -0.05) is 53.9 Å². The van der Waals surface area contributed by atoms with Crippen LogP contribution < -0.4 is 4.74 Å². The highest BCUT2D eigenvalue weighted by atomic mass is 35.5. The van der Waals surface area contributed by atoms with Crippen LogP contribution >= 0.6 is 23.2 Å². The van der Waals surface area contributed by atoms with Crippen molar-refractivity contribution >= 4 is 40.9 Å². The Morgan fingerprint density at radius 3 is 2.44 bits per heavy atom. The summed E-state index contributed by atoms with van der Waals surface area (Å²) >= 11 is 12.8. The van der Waals surface area contributed by atoms with E-state index in [0.29, 0.717) is 34.7 Å². The quantitative estimate of drug-likeness (QED) is 0.225. The number of benzene rings is 2. The Morgan fingerprint density at radius 1 is 1.02 bits per heavy atom. The molecule has 1 atom stereocenters. The molecule has 4 rings (SSSR count). The molecule has 0 bridgehead atoms. The number of ether oxygens (including phenoxy) is 1. The van der Waals surface area contributed by atoms with E-state index in [4.69, 9.17) is 38.8 Å². The van der Waals surface area contributed by atoms with Gasteiger partial charge in [0.1, 0.15) is 5.75 Å². The first kappa shape index (κ1) is 31.7. The lowest BCUT2D eigenvalue weighted by Crippen LogP contribution is -2.47. The predicted octanol–water partition coefficient (Wildman–Crippen LogP) is 7.23. The van der Waals surface area contributed by atoms with Crippen molar-refractivity contribution in [3.63, 3.8) is 0 Å². The van der Waals surface area contributed by atoms with Crippen LogP contribution in [0.3, 0.4) is 0 Å². The Kier molecular flexibility index (Phi) is 11.8. The first-order valence-corrected chi connectivity index (χ1v) is 15.7. The van der Waals surface area contributed by atoms with Crippen molar-refractivity contribution in [3.8, 4) is 5.75 Å². The van der Waals surface area contributed by atoms with Gasteiger partial charge in [-0.15, -0.1) is 0 Å². The van der Waals surface area contributed by atoms with Gasteiger partial charge in [0.25, 0.3) is 0 Å². The maximum atomic E-state index is 13.4. The molecule has 0 unspecified atom stereocenters.